The lowest BCUT2D eigenvalue weighted by Crippen LogP contribution is -2.38. The lowest BCUT2D eigenvalue weighted by atomic mass is 10.00. The smallest absolute Gasteiger partial charge is 0.185 e. The first-order valence-corrected chi connectivity index (χ1v) is 2.97. The van der Waals surface area contributed by atoms with Gasteiger partial charge in [0.1, 0.15) is 5.83 Å². The fourth-order valence-electron chi connectivity index (χ4n) is 0.825. The Labute approximate surface area is 59.7 Å². The molecule has 0 saturated heterocycles. The molecule has 0 heterocycles. The van der Waals surface area contributed by atoms with Gasteiger partial charge in [-0.05, 0) is 6.08 Å². The lowest BCUT2D eigenvalue weighted by molar-refractivity contribution is 0.0373. The van der Waals surface area contributed by atoms with Crippen LogP contribution in [0.2, 0.25) is 0 Å². The fraction of sp³-hybridized carbons (Fsp3) is 0.667. The maximum Gasteiger partial charge on any atom is 0.185 e. The quantitative estimate of drug-likeness (QED) is 0.491. The van der Waals surface area contributed by atoms with Gasteiger partial charge < -0.3 is 0 Å². The van der Waals surface area contributed by atoms with Gasteiger partial charge in [0, 0.05) is 0 Å². The molecule has 64 valence electrons. The number of rotatable bonds is 0. The Bertz CT molecular complexity index is 178. The molecule has 0 fully saturated rings. The molecule has 0 aromatic rings. The average molecular weight is 172 g/mol. The van der Waals surface area contributed by atoms with Crippen LogP contribution in [0.5, 0.6) is 0 Å². The molecule has 1 aliphatic carbocycles. The molecule has 4 atom stereocenters. The highest BCUT2D eigenvalue weighted by Gasteiger charge is 2.42. The van der Waals surface area contributed by atoms with Crippen molar-refractivity contribution in [2.75, 3.05) is 0 Å². The summed E-state index contributed by atoms with van der Waals surface area (Å²) in [5, 5.41) is 0. The first-order chi connectivity index (χ1) is 5.04. The highest BCUT2D eigenvalue weighted by atomic mass is 19.2. The molecular weight excluding hydrogens is 167 g/mol. The van der Waals surface area contributed by atoms with Gasteiger partial charge in [0.25, 0.3) is 0 Å². The summed E-state index contributed by atoms with van der Waals surface area (Å²) in [6.07, 6.45) is -10.2. The third-order valence-corrected chi connectivity index (χ3v) is 1.47. The van der Waals surface area contributed by atoms with Gasteiger partial charge in [-0.1, -0.05) is 0 Å². The molecule has 5 heteroatoms. The molecule has 0 saturated carbocycles. The third kappa shape index (κ3) is 1.36. The first-order valence-electron chi connectivity index (χ1n) is 2.97. The Morgan fingerprint density at radius 2 is 1.55 bits per heavy atom. The van der Waals surface area contributed by atoms with Crippen molar-refractivity contribution in [1.82, 2.24) is 0 Å². The Balaban J connectivity index is 2.83. The average Bonchev–Trinajstić information content (AvgIpc) is 1.97. The number of halogens is 5. The van der Waals surface area contributed by atoms with Gasteiger partial charge in [0.15, 0.2) is 24.7 Å². The van der Waals surface area contributed by atoms with Gasteiger partial charge in [0.05, 0.1) is 0 Å². The van der Waals surface area contributed by atoms with Gasteiger partial charge >= 0.3 is 0 Å². The van der Waals surface area contributed by atoms with E-state index in [4.69, 9.17) is 0 Å². The number of alkyl halides is 4. The molecule has 0 aromatic carbocycles. The molecule has 0 spiro atoms. The van der Waals surface area contributed by atoms with E-state index >= 15 is 0 Å². The standard InChI is InChI=1S/C6H5F5/c7-2-1-3(8)5(10)6(11)4(2)9/h1-2,4-6H. The van der Waals surface area contributed by atoms with Gasteiger partial charge in [-0.15, -0.1) is 0 Å². The molecule has 4 unspecified atom stereocenters. The minimum absolute atomic E-state index is 0.116. The fourth-order valence-corrected chi connectivity index (χ4v) is 0.825. The van der Waals surface area contributed by atoms with Crippen LogP contribution in [0, 0.1) is 0 Å². The third-order valence-electron chi connectivity index (χ3n) is 1.47. The van der Waals surface area contributed by atoms with Crippen LogP contribution in [0.1, 0.15) is 0 Å². The van der Waals surface area contributed by atoms with Crippen molar-refractivity contribution in [1.29, 1.82) is 0 Å². The second kappa shape index (κ2) is 2.79. The number of hydrogen-bond acceptors (Lipinski definition) is 0. The van der Waals surface area contributed by atoms with Gasteiger partial charge in [-0.2, -0.15) is 0 Å². The Hall–Kier alpha value is -0.610. The molecule has 11 heavy (non-hydrogen) atoms. The van der Waals surface area contributed by atoms with Gasteiger partial charge in [0.2, 0.25) is 0 Å². The van der Waals surface area contributed by atoms with Crippen molar-refractivity contribution >= 4 is 0 Å². The zero-order chi connectivity index (χ0) is 8.59. The van der Waals surface area contributed by atoms with Crippen LogP contribution < -0.4 is 0 Å². The highest BCUT2D eigenvalue weighted by Crippen LogP contribution is 2.29. The lowest BCUT2D eigenvalue weighted by Gasteiger charge is -2.22. The summed E-state index contributed by atoms with van der Waals surface area (Å²) < 4.78 is 60.8. The molecular formula is C6H5F5. The van der Waals surface area contributed by atoms with E-state index < -0.39 is 30.5 Å². The second-order valence-corrected chi connectivity index (χ2v) is 2.29. The van der Waals surface area contributed by atoms with Crippen LogP contribution in [0.15, 0.2) is 11.9 Å². The molecule has 0 radical (unpaired) electrons. The maximum atomic E-state index is 12.2. The van der Waals surface area contributed by atoms with E-state index in [0.29, 0.717) is 0 Å². The SMILES string of the molecule is FC1=CC(F)C(F)C(F)C1F. The van der Waals surface area contributed by atoms with Crippen LogP contribution >= 0.6 is 0 Å². The van der Waals surface area contributed by atoms with Crippen molar-refractivity contribution < 1.29 is 22.0 Å². The van der Waals surface area contributed by atoms with E-state index in [1.807, 2.05) is 0 Å². The predicted octanol–water partition coefficient (Wildman–Crippen LogP) is 2.21. The number of hydrogen-bond donors (Lipinski definition) is 0. The van der Waals surface area contributed by atoms with Crippen LogP contribution in [0.3, 0.4) is 0 Å². The van der Waals surface area contributed by atoms with E-state index in [9.17, 15) is 22.0 Å². The Morgan fingerprint density at radius 3 is 2.09 bits per heavy atom. The molecule has 0 N–H and O–H groups in total. The summed E-state index contributed by atoms with van der Waals surface area (Å²) in [7, 11) is 0. The normalized spacial score (nSPS) is 45.4. The van der Waals surface area contributed by atoms with Crippen molar-refractivity contribution in [3.8, 4) is 0 Å². The Morgan fingerprint density at radius 1 is 1.00 bits per heavy atom. The van der Waals surface area contributed by atoms with Crippen LogP contribution in [0.4, 0.5) is 22.0 Å². The van der Waals surface area contributed by atoms with Crippen molar-refractivity contribution in [2.24, 2.45) is 0 Å². The topological polar surface area (TPSA) is 0 Å². The zero-order valence-electron chi connectivity index (χ0n) is 5.28. The summed E-state index contributed by atoms with van der Waals surface area (Å²) >= 11 is 0. The van der Waals surface area contributed by atoms with E-state index in [-0.39, 0.29) is 6.08 Å². The van der Waals surface area contributed by atoms with Crippen molar-refractivity contribution in [3.05, 3.63) is 11.9 Å². The molecule has 0 aliphatic heterocycles. The van der Waals surface area contributed by atoms with E-state index in [1.165, 1.54) is 0 Å². The highest BCUT2D eigenvalue weighted by molar-refractivity contribution is 5.14. The molecule has 1 aliphatic rings. The van der Waals surface area contributed by atoms with Crippen molar-refractivity contribution in [3.63, 3.8) is 0 Å². The minimum atomic E-state index is -2.73. The summed E-state index contributed by atoms with van der Waals surface area (Å²) in [6.45, 7) is 0. The van der Waals surface area contributed by atoms with E-state index in [2.05, 4.69) is 0 Å². The van der Waals surface area contributed by atoms with Crippen LogP contribution in [-0.4, -0.2) is 24.7 Å². The monoisotopic (exact) mass is 172 g/mol. The van der Waals surface area contributed by atoms with Crippen LogP contribution in [-0.2, 0) is 0 Å². The van der Waals surface area contributed by atoms with Crippen LogP contribution in [0.25, 0.3) is 0 Å². The summed E-state index contributed by atoms with van der Waals surface area (Å²) in [5.41, 5.74) is 0. The molecule has 1 rings (SSSR count). The molecule has 0 amide bonds. The molecule has 0 aromatic heterocycles. The first kappa shape index (κ1) is 8.49. The van der Waals surface area contributed by atoms with Gasteiger partial charge in [-0.25, -0.2) is 22.0 Å². The summed E-state index contributed by atoms with van der Waals surface area (Å²) in [5.74, 6) is -1.57. The van der Waals surface area contributed by atoms with E-state index in [1.54, 1.807) is 0 Å². The largest absolute Gasteiger partial charge is 0.241 e. The molecule has 0 nitrogen and oxygen atoms in total. The number of allylic oxidation sites excluding steroid dienone is 2. The second-order valence-electron chi connectivity index (χ2n) is 2.29. The Kier molecular flexibility index (Phi) is 2.15. The maximum absolute atomic E-state index is 12.2. The summed E-state index contributed by atoms with van der Waals surface area (Å²) in [6, 6.07) is 0. The van der Waals surface area contributed by atoms with E-state index in [0.717, 1.165) is 0 Å². The minimum Gasteiger partial charge on any atom is -0.241 e. The van der Waals surface area contributed by atoms with Crippen molar-refractivity contribution in [2.45, 2.75) is 24.7 Å². The zero-order valence-corrected chi connectivity index (χ0v) is 5.28. The van der Waals surface area contributed by atoms with Gasteiger partial charge in [-0.3, -0.25) is 0 Å². The summed E-state index contributed by atoms with van der Waals surface area (Å²) in [4.78, 5) is 0. The predicted molar refractivity (Wildman–Crippen MR) is 28.8 cm³/mol. The molecule has 0 bridgehead atoms.